The minimum Gasteiger partial charge on any atom is -0.484 e. The third-order valence-electron chi connectivity index (χ3n) is 3.86. The number of amides is 1. The van der Waals surface area contributed by atoms with Crippen molar-refractivity contribution in [3.8, 4) is 5.75 Å². The molecule has 126 valence electrons. The van der Waals surface area contributed by atoms with Crippen molar-refractivity contribution in [3.63, 3.8) is 0 Å². The molecule has 1 amide bonds. The van der Waals surface area contributed by atoms with Crippen LogP contribution in [0.25, 0.3) is 0 Å². The molecule has 1 unspecified atom stereocenters. The smallest absolute Gasteiger partial charge is 0.407 e. The number of carbonyl (C=O) groups excluding carboxylic acids is 1. The van der Waals surface area contributed by atoms with Gasteiger partial charge in [0.15, 0.2) is 0 Å². The van der Waals surface area contributed by atoms with Gasteiger partial charge in [0.2, 0.25) is 0 Å². The average Bonchev–Trinajstić information content (AvgIpc) is 2.67. The summed E-state index contributed by atoms with van der Waals surface area (Å²) in [5.74, 6) is 0.865. The first kappa shape index (κ1) is 16.4. The topological polar surface area (TPSA) is 47.6 Å². The van der Waals surface area contributed by atoms with Crippen molar-refractivity contribution in [1.29, 1.82) is 0 Å². The minimum absolute atomic E-state index is 0.239. The average molecular weight is 325 g/mol. The van der Waals surface area contributed by atoms with E-state index in [1.54, 1.807) is 0 Å². The molecule has 0 aliphatic carbocycles. The highest BCUT2D eigenvalue weighted by molar-refractivity contribution is 5.67. The fourth-order valence-electron chi connectivity index (χ4n) is 2.84. The van der Waals surface area contributed by atoms with Crippen LogP contribution in [0.1, 0.15) is 43.6 Å². The van der Waals surface area contributed by atoms with Crippen LogP contribution in [0.5, 0.6) is 5.75 Å². The van der Waals surface area contributed by atoms with Crippen molar-refractivity contribution >= 4 is 6.09 Å². The third-order valence-corrected chi connectivity index (χ3v) is 3.86. The second-order valence-electron chi connectivity index (χ2n) is 6.97. The summed E-state index contributed by atoms with van der Waals surface area (Å²) in [5.41, 5.74) is 2.96. The fraction of sp³-hybridized carbons (Fsp3) is 0.350. The summed E-state index contributed by atoms with van der Waals surface area (Å²) in [6.07, 6.45) is 0.161. The summed E-state index contributed by atoms with van der Waals surface area (Å²) in [4.78, 5) is 12.0. The summed E-state index contributed by atoms with van der Waals surface area (Å²) in [6.45, 7) is 5.90. The Labute approximate surface area is 142 Å². The molecule has 2 aromatic carbocycles. The Morgan fingerprint density at radius 3 is 2.54 bits per heavy atom. The molecule has 4 nitrogen and oxygen atoms in total. The SMILES string of the molecule is CC(C)(C)OC(=O)NCC1Oc2ccccc2Cc2ccccc21. The maximum absolute atomic E-state index is 12.0. The van der Waals surface area contributed by atoms with E-state index in [1.807, 2.05) is 51.1 Å². The van der Waals surface area contributed by atoms with Crippen LogP contribution in [0.3, 0.4) is 0 Å². The van der Waals surface area contributed by atoms with Crippen LogP contribution in [-0.2, 0) is 11.2 Å². The van der Waals surface area contributed by atoms with Gasteiger partial charge in [-0.1, -0.05) is 42.5 Å². The number of rotatable bonds is 2. The highest BCUT2D eigenvalue weighted by atomic mass is 16.6. The zero-order chi connectivity index (χ0) is 17.2. The van der Waals surface area contributed by atoms with Crippen LogP contribution in [0.4, 0.5) is 4.79 Å². The Kier molecular flexibility index (Phi) is 4.47. The Morgan fingerprint density at radius 1 is 1.12 bits per heavy atom. The van der Waals surface area contributed by atoms with Crippen molar-refractivity contribution in [2.45, 2.75) is 38.9 Å². The van der Waals surface area contributed by atoms with E-state index in [1.165, 1.54) is 5.56 Å². The molecule has 4 heteroatoms. The number of fused-ring (bicyclic) bond motifs is 2. The van der Waals surface area contributed by atoms with Crippen LogP contribution in [0, 0.1) is 0 Å². The monoisotopic (exact) mass is 325 g/mol. The molecule has 0 radical (unpaired) electrons. The van der Waals surface area contributed by atoms with Crippen LogP contribution >= 0.6 is 0 Å². The van der Waals surface area contributed by atoms with E-state index < -0.39 is 11.7 Å². The van der Waals surface area contributed by atoms with E-state index >= 15 is 0 Å². The van der Waals surface area contributed by atoms with Gasteiger partial charge in [-0.05, 0) is 43.5 Å². The molecule has 0 fully saturated rings. The van der Waals surface area contributed by atoms with E-state index in [4.69, 9.17) is 9.47 Å². The number of nitrogens with one attached hydrogen (secondary N) is 1. The Hall–Kier alpha value is -2.49. The lowest BCUT2D eigenvalue weighted by Crippen LogP contribution is -2.36. The standard InChI is InChI=1S/C20H23NO3/c1-20(2,3)24-19(22)21-13-18-16-10-6-4-8-14(16)12-15-9-5-7-11-17(15)23-18/h4-11,18H,12-13H2,1-3H3,(H,21,22). The van der Waals surface area contributed by atoms with Gasteiger partial charge in [-0.15, -0.1) is 0 Å². The molecule has 24 heavy (non-hydrogen) atoms. The number of alkyl carbamates (subject to hydrolysis) is 1. The molecule has 0 aromatic heterocycles. The van der Waals surface area contributed by atoms with Gasteiger partial charge in [0.05, 0.1) is 6.54 Å². The van der Waals surface area contributed by atoms with Gasteiger partial charge in [-0.2, -0.15) is 0 Å². The number of benzene rings is 2. The second-order valence-corrected chi connectivity index (χ2v) is 6.97. The first-order chi connectivity index (χ1) is 11.4. The Morgan fingerprint density at radius 2 is 1.79 bits per heavy atom. The quantitative estimate of drug-likeness (QED) is 0.898. The summed E-state index contributed by atoms with van der Waals surface area (Å²) in [6, 6.07) is 16.2. The number of hydrogen-bond acceptors (Lipinski definition) is 3. The second kappa shape index (κ2) is 6.56. The van der Waals surface area contributed by atoms with Crippen molar-refractivity contribution in [2.75, 3.05) is 6.54 Å². The highest BCUT2D eigenvalue weighted by Crippen LogP contribution is 2.33. The van der Waals surface area contributed by atoms with Gasteiger partial charge in [0, 0.05) is 6.42 Å². The summed E-state index contributed by atoms with van der Waals surface area (Å²) < 4.78 is 11.5. The van der Waals surface area contributed by atoms with Gasteiger partial charge >= 0.3 is 6.09 Å². The molecule has 1 atom stereocenters. The molecule has 1 heterocycles. The Bertz CT molecular complexity index is 734. The van der Waals surface area contributed by atoms with Crippen molar-refractivity contribution in [2.24, 2.45) is 0 Å². The zero-order valence-corrected chi connectivity index (χ0v) is 14.3. The van der Waals surface area contributed by atoms with Crippen LogP contribution in [0.2, 0.25) is 0 Å². The number of ether oxygens (including phenoxy) is 2. The van der Waals surface area contributed by atoms with Gasteiger partial charge in [0.25, 0.3) is 0 Å². The normalized spacial score (nSPS) is 16.2. The summed E-state index contributed by atoms with van der Waals surface area (Å²) >= 11 is 0. The highest BCUT2D eigenvalue weighted by Gasteiger charge is 2.24. The van der Waals surface area contributed by atoms with E-state index in [0.717, 1.165) is 23.3 Å². The molecular weight excluding hydrogens is 302 g/mol. The number of hydrogen-bond donors (Lipinski definition) is 1. The van der Waals surface area contributed by atoms with Gasteiger partial charge < -0.3 is 14.8 Å². The zero-order valence-electron chi connectivity index (χ0n) is 14.3. The largest absolute Gasteiger partial charge is 0.484 e. The van der Waals surface area contributed by atoms with E-state index in [-0.39, 0.29) is 6.10 Å². The third kappa shape index (κ3) is 3.88. The molecule has 0 saturated carbocycles. The number of carbonyl (C=O) groups is 1. The molecule has 1 N–H and O–H groups in total. The maximum Gasteiger partial charge on any atom is 0.407 e. The van der Waals surface area contributed by atoms with Gasteiger partial charge in [-0.3, -0.25) is 0 Å². The molecule has 1 aliphatic rings. The van der Waals surface area contributed by atoms with Crippen LogP contribution < -0.4 is 10.1 Å². The van der Waals surface area contributed by atoms with E-state index in [9.17, 15) is 4.79 Å². The summed E-state index contributed by atoms with van der Waals surface area (Å²) in [5, 5.41) is 2.82. The van der Waals surface area contributed by atoms with Crippen LogP contribution in [0.15, 0.2) is 48.5 Å². The fourth-order valence-corrected chi connectivity index (χ4v) is 2.84. The van der Waals surface area contributed by atoms with Crippen LogP contribution in [-0.4, -0.2) is 18.2 Å². The van der Waals surface area contributed by atoms with E-state index in [2.05, 4.69) is 23.5 Å². The number of para-hydroxylation sites is 1. The first-order valence-electron chi connectivity index (χ1n) is 8.21. The van der Waals surface area contributed by atoms with Crippen molar-refractivity contribution < 1.29 is 14.3 Å². The van der Waals surface area contributed by atoms with Crippen molar-refractivity contribution in [1.82, 2.24) is 5.32 Å². The molecule has 1 aliphatic heterocycles. The Balaban J connectivity index is 1.80. The molecule has 0 bridgehead atoms. The molecule has 3 rings (SSSR count). The lowest BCUT2D eigenvalue weighted by molar-refractivity contribution is 0.0501. The van der Waals surface area contributed by atoms with E-state index in [0.29, 0.717) is 6.54 Å². The molecular formula is C20H23NO3. The van der Waals surface area contributed by atoms with Gasteiger partial charge in [0.1, 0.15) is 17.5 Å². The molecule has 0 spiro atoms. The summed E-state index contributed by atoms with van der Waals surface area (Å²) in [7, 11) is 0. The van der Waals surface area contributed by atoms with Gasteiger partial charge in [-0.25, -0.2) is 4.79 Å². The minimum atomic E-state index is -0.515. The lowest BCUT2D eigenvalue weighted by atomic mass is 9.98. The molecule has 2 aromatic rings. The first-order valence-corrected chi connectivity index (χ1v) is 8.21. The lowest BCUT2D eigenvalue weighted by Gasteiger charge is -2.23. The predicted octanol–water partition coefficient (Wildman–Crippen LogP) is 4.24. The molecule has 0 saturated heterocycles. The van der Waals surface area contributed by atoms with Crippen molar-refractivity contribution in [3.05, 3.63) is 65.2 Å². The maximum atomic E-state index is 12.0. The predicted molar refractivity (Wildman–Crippen MR) is 93.3 cm³/mol.